The summed E-state index contributed by atoms with van der Waals surface area (Å²) < 4.78 is 0. The highest BCUT2D eigenvalue weighted by Gasteiger charge is 2.22. The molecule has 0 bridgehead atoms. The van der Waals surface area contributed by atoms with Crippen LogP contribution >= 0.6 is 0 Å². The molecule has 2 aliphatic rings. The van der Waals surface area contributed by atoms with Crippen LogP contribution in [0.25, 0.3) is 0 Å². The number of nitrogens with one attached hydrogen (secondary N) is 1. The fourth-order valence-corrected chi connectivity index (χ4v) is 3.90. The molecule has 2 atom stereocenters. The van der Waals surface area contributed by atoms with E-state index in [9.17, 15) is 5.11 Å². The maximum Gasteiger partial charge on any atom is 0.115 e. The average Bonchev–Trinajstić information content (AvgIpc) is 2.48. The molecule has 3 rings (SSSR count). The van der Waals surface area contributed by atoms with Crippen molar-refractivity contribution in [2.75, 3.05) is 19.6 Å². The second kappa shape index (κ2) is 6.80. The number of piperidine rings is 1. The average molecular weight is 288 g/mol. The summed E-state index contributed by atoms with van der Waals surface area (Å²) in [4.78, 5) is 2.60. The number of aromatic hydroxyl groups is 1. The Balaban J connectivity index is 1.60. The molecule has 116 valence electrons. The lowest BCUT2D eigenvalue weighted by atomic mass is 9.87. The number of phenols is 1. The number of hydrogen-bond donors (Lipinski definition) is 2. The van der Waals surface area contributed by atoms with Gasteiger partial charge in [0.05, 0.1) is 0 Å². The SMILES string of the molecule is CC(CN1CCCCC1)NC1CCCc2cc(O)ccc21. The summed E-state index contributed by atoms with van der Waals surface area (Å²) in [6, 6.07) is 6.85. The van der Waals surface area contributed by atoms with Gasteiger partial charge >= 0.3 is 0 Å². The lowest BCUT2D eigenvalue weighted by Crippen LogP contribution is -2.43. The minimum absolute atomic E-state index is 0.399. The minimum Gasteiger partial charge on any atom is -0.508 e. The van der Waals surface area contributed by atoms with Crippen LogP contribution in [0.2, 0.25) is 0 Å². The Bertz CT molecular complexity index is 468. The van der Waals surface area contributed by atoms with Gasteiger partial charge in [-0.25, -0.2) is 0 Å². The van der Waals surface area contributed by atoms with Crippen LogP contribution < -0.4 is 5.32 Å². The van der Waals surface area contributed by atoms with Crippen LogP contribution in [-0.4, -0.2) is 35.7 Å². The Morgan fingerprint density at radius 3 is 2.86 bits per heavy atom. The van der Waals surface area contributed by atoms with Gasteiger partial charge < -0.3 is 15.3 Å². The zero-order valence-corrected chi connectivity index (χ0v) is 13.1. The predicted octanol–water partition coefficient (Wildman–Crippen LogP) is 3.23. The third-order valence-electron chi connectivity index (χ3n) is 4.91. The van der Waals surface area contributed by atoms with E-state index >= 15 is 0 Å². The molecule has 0 amide bonds. The number of benzene rings is 1. The zero-order valence-electron chi connectivity index (χ0n) is 13.1. The van der Waals surface area contributed by atoms with Gasteiger partial charge in [0.1, 0.15) is 5.75 Å². The van der Waals surface area contributed by atoms with Crippen LogP contribution in [0.3, 0.4) is 0 Å². The van der Waals surface area contributed by atoms with E-state index in [0.29, 0.717) is 17.8 Å². The normalized spacial score (nSPS) is 24.5. The number of nitrogens with zero attached hydrogens (tertiary/aromatic N) is 1. The van der Waals surface area contributed by atoms with Gasteiger partial charge in [0.2, 0.25) is 0 Å². The van der Waals surface area contributed by atoms with Crippen LogP contribution in [0.15, 0.2) is 18.2 Å². The molecule has 2 unspecified atom stereocenters. The summed E-state index contributed by atoms with van der Waals surface area (Å²) in [7, 11) is 0. The van der Waals surface area contributed by atoms with E-state index in [1.54, 1.807) is 0 Å². The van der Waals surface area contributed by atoms with Crippen molar-refractivity contribution in [3.05, 3.63) is 29.3 Å². The lowest BCUT2D eigenvalue weighted by molar-refractivity contribution is 0.202. The van der Waals surface area contributed by atoms with Crippen LogP contribution in [0.1, 0.15) is 56.2 Å². The number of likely N-dealkylation sites (tertiary alicyclic amines) is 1. The Hall–Kier alpha value is -1.06. The molecular weight excluding hydrogens is 260 g/mol. The van der Waals surface area contributed by atoms with E-state index in [1.165, 1.54) is 56.3 Å². The number of aryl methyl sites for hydroxylation is 1. The first-order valence-corrected chi connectivity index (χ1v) is 8.52. The summed E-state index contributed by atoms with van der Waals surface area (Å²) in [6.45, 7) is 6.00. The summed E-state index contributed by atoms with van der Waals surface area (Å²) >= 11 is 0. The number of phenolic OH excluding ortho intramolecular Hbond substituents is 1. The number of fused-ring (bicyclic) bond motifs is 1. The standard InChI is InChI=1S/C18H28N2O/c1-14(13-20-10-3-2-4-11-20)19-18-7-5-6-15-12-16(21)8-9-17(15)18/h8-9,12,14,18-19,21H,2-7,10-11,13H2,1H3. The van der Waals surface area contributed by atoms with Gasteiger partial charge in [0.15, 0.2) is 0 Å². The fourth-order valence-electron chi connectivity index (χ4n) is 3.90. The summed E-state index contributed by atoms with van der Waals surface area (Å²) in [5.41, 5.74) is 2.72. The Kier molecular flexibility index (Phi) is 4.81. The third kappa shape index (κ3) is 3.78. The summed E-state index contributed by atoms with van der Waals surface area (Å²) in [6.07, 6.45) is 7.64. The van der Waals surface area contributed by atoms with E-state index in [1.807, 2.05) is 12.1 Å². The molecule has 0 aromatic heterocycles. The Morgan fingerprint density at radius 2 is 2.05 bits per heavy atom. The van der Waals surface area contributed by atoms with Crippen molar-refractivity contribution < 1.29 is 5.11 Å². The summed E-state index contributed by atoms with van der Waals surface area (Å²) in [5.74, 6) is 0.399. The van der Waals surface area contributed by atoms with Gasteiger partial charge in [-0.2, -0.15) is 0 Å². The molecule has 1 saturated heterocycles. The molecule has 2 N–H and O–H groups in total. The van der Waals surface area contributed by atoms with Crippen LogP contribution in [0.4, 0.5) is 0 Å². The van der Waals surface area contributed by atoms with E-state index in [2.05, 4.69) is 23.2 Å². The largest absolute Gasteiger partial charge is 0.508 e. The third-order valence-corrected chi connectivity index (χ3v) is 4.91. The minimum atomic E-state index is 0.399. The zero-order chi connectivity index (χ0) is 14.7. The van der Waals surface area contributed by atoms with Crippen molar-refractivity contribution in [2.45, 2.75) is 57.5 Å². The highest BCUT2D eigenvalue weighted by molar-refractivity contribution is 5.38. The van der Waals surface area contributed by atoms with Crippen molar-refractivity contribution in [1.82, 2.24) is 10.2 Å². The smallest absolute Gasteiger partial charge is 0.115 e. The maximum absolute atomic E-state index is 9.65. The van der Waals surface area contributed by atoms with Gasteiger partial charge in [-0.15, -0.1) is 0 Å². The molecule has 0 spiro atoms. The highest BCUT2D eigenvalue weighted by atomic mass is 16.3. The van der Waals surface area contributed by atoms with Gasteiger partial charge in [0.25, 0.3) is 0 Å². The van der Waals surface area contributed by atoms with E-state index < -0.39 is 0 Å². The highest BCUT2D eigenvalue weighted by Crippen LogP contribution is 2.32. The van der Waals surface area contributed by atoms with Crippen molar-refractivity contribution in [3.8, 4) is 5.75 Å². The molecule has 21 heavy (non-hydrogen) atoms. The molecule has 1 fully saturated rings. The van der Waals surface area contributed by atoms with E-state index in [-0.39, 0.29) is 0 Å². The van der Waals surface area contributed by atoms with E-state index in [4.69, 9.17) is 0 Å². The first-order valence-electron chi connectivity index (χ1n) is 8.52. The van der Waals surface area contributed by atoms with Crippen molar-refractivity contribution >= 4 is 0 Å². The predicted molar refractivity (Wildman–Crippen MR) is 86.7 cm³/mol. The second-order valence-electron chi connectivity index (χ2n) is 6.76. The first kappa shape index (κ1) is 14.9. The Labute approximate surface area is 128 Å². The number of hydrogen-bond acceptors (Lipinski definition) is 3. The van der Waals surface area contributed by atoms with Gasteiger partial charge in [-0.1, -0.05) is 12.5 Å². The van der Waals surface area contributed by atoms with Crippen molar-refractivity contribution in [3.63, 3.8) is 0 Å². The molecule has 1 aliphatic heterocycles. The molecule has 0 saturated carbocycles. The van der Waals surface area contributed by atoms with Crippen LogP contribution in [0.5, 0.6) is 5.75 Å². The van der Waals surface area contributed by atoms with E-state index in [0.717, 1.165) is 13.0 Å². The van der Waals surface area contributed by atoms with Gasteiger partial charge in [-0.05, 0) is 75.4 Å². The van der Waals surface area contributed by atoms with Gasteiger partial charge in [0, 0.05) is 18.6 Å². The van der Waals surface area contributed by atoms with Crippen molar-refractivity contribution in [1.29, 1.82) is 0 Å². The second-order valence-corrected chi connectivity index (χ2v) is 6.76. The molecule has 1 heterocycles. The van der Waals surface area contributed by atoms with Crippen LogP contribution in [0, 0.1) is 0 Å². The monoisotopic (exact) mass is 288 g/mol. The lowest BCUT2D eigenvalue weighted by Gasteiger charge is -2.33. The van der Waals surface area contributed by atoms with Crippen LogP contribution in [-0.2, 0) is 6.42 Å². The molecule has 3 heteroatoms. The molecule has 1 aromatic rings. The quantitative estimate of drug-likeness (QED) is 0.893. The fraction of sp³-hybridized carbons (Fsp3) is 0.667. The molecule has 3 nitrogen and oxygen atoms in total. The molecular formula is C18H28N2O. The topological polar surface area (TPSA) is 35.5 Å². The molecule has 1 aromatic carbocycles. The first-order chi connectivity index (χ1) is 10.2. The maximum atomic E-state index is 9.65. The van der Waals surface area contributed by atoms with Gasteiger partial charge in [-0.3, -0.25) is 0 Å². The number of rotatable bonds is 4. The molecule has 1 aliphatic carbocycles. The summed E-state index contributed by atoms with van der Waals surface area (Å²) in [5, 5.41) is 13.5. The van der Waals surface area contributed by atoms with Crippen molar-refractivity contribution in [2.24, 2.45) is 0 Å². The Morgan fingerprint density at radius 1 is 1.24 bits per heavy atom. The molecule has 0 radical (unpaired) electrons.